The maximum Gasteiger partial charge on any atom is 0.270 e. The summed E-state index contributed by atoms with van der Waals surface area (Å²) in [7, 11) is 0. The van der Waals surface area contributed by atoms with Crippen molar-refractivity contribution in [2.75, 3.05) is 13.1 Å². The third kappa shape index (κ3) is 10.6. The zero-order chi connectivity index (χ0) is 36.2. The van der Waals surface area contributed by atoms with Gasteiger partial charge in [0, 0.05) is 58.5 Å². The Balaban J connectivity index is 1.46. The van der Waals surface area contributed by atoms with Crippen LogP contribution in [0.1, 0.15) is 31.8 Å². The zero-order valence-corrected chi connectivity index (χ0v) is 27.2. The SMILES string of the molecule is O=C(NCCNC(=O)/C(=C/c1ccc(Cl)cc1)NC(=O)c1cccc([N+](=O)[O-])c1)/C(=C/c1ccc(Cl)cc1)NC(=O)c1cccc([N+](=O)[O-])c1. The molecule has 14 nitrogen and oxygen atoms in total. The van der Waals surface area contributed by atoms with E-state index in [2.05, 4.69) is 21.3 Å². The highest BCUT2D eigenvalue weighted by molar-refractivity contribution is 6.30. The second-order valence-corrected chi connectivity index (χ2v) is 11.1. The molecule has 0 aliphatic heterocycles. The van der Waals surface area contributed by atoms with E-state index in [1.54, 1.807) is 48.5 Å². The van der Waals surface area contributed by atoms with E-state index in [0.29, 0.717) is 21.2 Å². The van der Waals surface area contributed by atoms with E-state index in [-0.39, 0.29) is 47.0 Å². The van der Waals surface area contributed by atoms with Crippen molar-refractivity contribution in [3.8, 4) is 0 Å². The fourth-order valence-electron chi connectivity index (χ4n) is 4.22. The van der Waals surface area contributed by atoms with Gasteiger partial charge in [-0.1, -0.05) is 59.6 Å². The number of carbonyl (C=O) groups is 4. The summed E-state index contributed by atoms with van der Waals surface area (Å²) in [6.45, 7) is -0.273. The van der Waals surface area contributed by atoms with Crippen LogP contribution in [0.4, 0.5) is 11.4 Å². The maximum absolute atomic E-state index is 13.2. The van der Waals surface area contributed by atoms with Gasteiger partial charge in [-0.3, -0.25) is 39.4 Å². The number of nitro benzene ring substituents is 2. The molecule has 0 fully saturated rings. The highest BCUT2D eigenvalue weighted by atomic mass is 35.5. The molecule has 0 heterocycles. The van der Waals surface area contributed by atoms with Crippen LogP contribution in [-0.4, -0.2) is 46.6 Å². The molecule has 4 rings (SSSR count). The van der Waals surface area contributed by atoms with Crippen LogP contribution < -0.4 is 21.3 Å². The highest BCUT2D eigenvalue weighted by Gasteiger charge is 2.19. The summed E-state index contributed by atoms with van der Waals surface area (Å²) >= 11 is 11.9. The van der Waals surface area contributed by atoms with E-state index in [0.717, 1.165) is 12.1 Å². The van der Waals surface area contributed by atoms with Gasteiger partial charge in [-0.05, 0) is 59.7 Å². The number of nitrogens with one attached hydrogen (secondary N) is 4. The monoisotopic (exact) mass is 716 g/mol. The molecular formula is C34H26Cl2N6O8. The molecule has 4 aromatic rings. The number of nitro groups is 2. The molecule has 0 bridgehead atoms. The van der Waals surface area contributed by atoms with Crippen molar-refractivity contribution in [1.82, 2.24) is 21.3 Å². The van der Waals surface area contributed by atoms with Crippen molar-refractivity contribution in [2.24, 2.45) is 0 Å². The molecule has 16 heteroatoms. The van der Waals surface area contributed by atoms with Gasteiger partial charge in [-0.25, -0.2) is 0 Å². The lowest BCUT2D eigenvalue weighted by molar-refractivity contribution is -0.385. The van der Waals surface area contributed by atoms with Gasteiger partial charge in [-0.15, -0.1) is 0 Å². The fourth-order valence-corrected chi connectivity index (χ4v) is 4.47. The minimum Gasteiger partial charge on any atom is -0.349 e. The molecule has 0 radical (unpaired) electrons. The van der Waals surface area contributed by atoms with Crippen molar-refractivity contribution in [3.05, 3.63) is 161 Å². The number of non-ortho nitro benzene ring substituents is 2. The van der Waals surface area contributed by atoms with Crippen LogP contribution in [0.15, 0.2) is 108 Å². The molecule has 0 atom stereocenters. The first-order valence-corrected chi connectivity index (χ1v) is 15.3. The van der Waals surface area contributed by atoms with Gasteiger partial charge in [0.2, 0.25) is 0 Å². The summed E-state index contributed by atoms with van der Waals surface area (Å²) in [5.41, 5.74) is -0.154. The quantitative estimate of drug-likeness (QED) is 0.0619. The topological polar surface area (TPSA) is 203 Å². The average molecular weight is 718 g/mol. The van der Waals surface area contributed by atoms with Crippen LogP contribution in [0.3, 0.4) is 0 Å². The van der Waals surface area contributed by atoms with E-state index in [4.69, 9.17) is 23.2 Å². The summed E-state index contributed by atoms with van der Waals surface area (Å²) in [5.74, 6) is -3.06. The van der Waals surface area contributed by atoms with E-state index >= 15 is 0 Å². The molecule has 50 heavy (non-hydrogen) atoms. The van der Waals surface area contributed by atoms with Gasteiger partial charge in [0.15, 0.2) is 0 Å². The fraction of sp³-hybridized carbons (Fsp3) is 0.0588. The first kappa shape index (κ1) is 36.5. The number of rotatable bonds is 13. The lowest BCUT2D eigenvalue weighted by atomic mass is 10.1. The Morgan fingerprint density at radius 1 is 0.580 bits per heavy atom. The van der Waals surface area contributed by atoms with Crippen molar-refractivity contribution >= 4 is 70.4 Å². The van der Waals surface area contributed by atoms with Crippen molar-refractivity contribution < 1.29 is 29.0 Å². The lowest BCUT2D eigenvalue weighted by Gasteiger charge is -2.13. The van der Waals surface area contributed by atoms with Gasteiger partial charge < -0.3 is 21.3 Å². The van der Waals surface area contributed by atoms with Crippen LogP contribution in [-0.2, 0) is 9.59 Å². The second kappa shape index (κ2) is 17.1. The zero-order valence-electron chi connectivity index (χ0n) is 25.7. The molecule has 4 aromatic carbocycles. The molecular weight excluding hydrogens is 691 g/mol. The molecule has 0 aliphatic rings. The second-order valence-electron chi connectivity index (χ2n) is 10.3. The van der Waals surface area contributed by atoms with E-state index in [1.807, 2.05) is 0 Å². The Kier molecular flexibility index (Phi) is 12.5. The number of hydrogen-bond donors (Lipinski definition) is 4. The van der Waals surface area contributed by atoms with Crippen LogP contribution in [0, 0.1) is 20.2 Å². The third-order valence-electron chi connectivity index (χ3n) is 6.68. The van der Waals surface area contributed by atoms with Crippen LogP contribution >= 0.6 is 23.2 Å². The number of carbonyl (C=O) groups excluding carboxylic acids is 4. The average Bonchev–Trinajstić information content (AvgIpc) is 3.11. The molecule has 0 spiro atoms. The van der Waals surface area contributed by atoms with Gasteiger partial charge >= 0.3 is 0 Å². The highest BCUT2D eigenvalue weighted by Crippen LogP contribution is 2.17. The third-order valence-corrected chi connectivity index (χ3v) is 7.19. The Morgan fingerprint density at radius 2 is 0.940 bits per heavy atom. The molecule has 4 amide bonds. The smallest absolute Gasteiger partial charge is 0.270 e. The van der Waals surface area contributed by atoms with Crippen molar-refractivity contribution in [2.45, 2.75) is 0 Å². The van der Waals surface area contributed by atoms with E-state index < -0.39 is 33.5 Å². The van der Waals surface area contributed by atoms with Gasteiger partial charge in [0.25, 0.3) is 35.0 Å². The van der Waals surface area contributed by atoms with Gasteiger partial charge in [-0.2, -0.15) is 0 Å². The normalized spacial score (nSPS) is 11.2. The number of amides is 4. The Morgan fingerprint density at radius 3 is 1.28 bits per heavy atom. The number of benzene rings is 4. The van der Waals surface area contributed by atoms with E-state index in [1.165, 1.54) is 48.6 Å². The Bertz CT molecular complexity index is 1870. The largest absolute Gasteiger partial charge is 0.349 e. The molecule has 0 saturated heterocycles. The molecule has 0 aromatic heterocycles. The Labute approximate surface area is 294 Å². The first-order valence-electron chi connectivity index (χ1n) is 14.5. The number of hydrogen-bond acceptors (Lipinski definition) is 8. The molecule has 0 unspecified atom stereocenters. The lowest BCUT2D eigenvalue weighted by Crippen LogP contribution is -2.41. The standard InChI is InChI=1S/C34H26Cl2N6O8/c35-25-11-7-21(8-12-25)17-29(39-31(43)23-3-1-5-27(19-23)41(47)48)33(45)37-15-16-38-34(46)30(18-22-9-13-26(36)14-10-22)40-32(44)24-4-2-6-28(20-24)42(49)50/h1-14,17-20H,15-16H2,(H,37,45)(H,38,46)(H,39,43)(H,40,44)/b29-17-,30-18-. The number of halogens is 2. The number of nitrogens with zero attached hydrogens (tertiary/aromatic N) is 2. The summed E-state index contributed by atoms with van der Waals surface area (Å²) < 4.78 is 0. The summed E-state index contributed by atoms with van der Waals surface area (Å²) in [6, 6.07) is 22.7. The molecule has 4 N–H and O–H groups in total. The van der Waals surface area contributed by atoms with E-state index in [9.17, 15) is 39.4 Å². The summed E-state index contributed by atoms with van der Waals surface area (Å²) in [4.78, 5) is 73.4. The minimum absolute atomic E-state index is 0.0616. The predicted molar refractivity (Wildman–Crippen MR) is 186 cm³/mol. The van der Waals surface area contributed by atoms with Gasteiger partial charge in [0.05, 0.1) is 9.85 Å². The molecule has 0 saturated carbocycles. The minimum atomic E-state index is -0.783. The van der Waals surface area contributed by atoms with Crippen LogP contribution in [0.25, 0.3) is 12.2 Å². The summed E-state index contributed by atoms with van der Waals surface area (Å²) in [5, 5.41) is 33.3. The van der Waals surface area contributed by atoms with Crippen LogP contribution in [0.2, 0.25) is 10.0 Å². The van der Waals surface area contributed by atoms with Crippen molar-refractivity contribution in [1.29, 1.82) is 0 Å². The van der Waals surface area contributed by atoms with Crippen molar-refractivity contribution in [3.63, 3.8) is 0 Å². The first-order chi connectivity index (χ1) is 23.9. The summed E-state index contributed by atoms with van der Waals surface area (Å²) in [6.07, 6.45) is 2.74. The Hall–Kier alpha value is -6.38. The molecule has 0 aliphatic carbocycles. The maximum atomic E-state index is 13.2. The molecule has 254 valence electrons. The predicted octanol–water partition coefficient (Wildman–Crippen LogP) is 5.28. The van der Waals surface area contributed by atoms with Crippen LogP contribution in [0.5, 0.6) is 0 Å². The van der Waals surface area contributed by atoms with Gasteiger partial charge in [0.1, 0.15) is 11.4 Å².